The summed E-state index contributed by atoms with van der Waals surface area (Å²) in [6, 6.07) is 4.72. The Hall–Kier alpha value is -1.42. The Morgan fingerprint density at radius 1 is 1.47 bits per heavy atom. The van der Waals surface area contributed by atoms with E-state index in [2.05, 4.69) is 10.1 Å². The molecular formula is C10H8ClFN2O. The lowest BCUT2D eigenvalue weighted by Crippen LogP contribution is -1.88. The van der Waals surface area contributed by atoms with Crippen molar-refractivity contribution in [1.29, 1.82) is 0 Å². The molecule has 1 aromatic heterocycles. The Morgan fingerprint density at radius 3 is 2.93 bits per heavy atom. The van der Waals surface area contributed by atoms with Gasteiger partial charge >= 0.3 is 0 Å². The number of rotatable bonds is 2. The van der Waals surface area contributed by atoms with E-state index in [0.29, 0.717) is 5.56 Å². The molecule has 0 saturated heterocycles. The van der Waals surface area contributed by atoms with Crippen LogP contribution in [0, 0.1) is 12.7 Å². The molecule has 0 unspecified atom stereocenters. The minimum Gasteiger partial charge on any atom is -0.338 e. The molecule has 78 valence electrons. The first-order valence-electron chi connectivity index (χ1n) is 4.36. The summed E-state index contributed by atoms with van der Waals surface area (Å²) >= 11 is 5.51. The number of aryl methyl sites for hydroxylation is 1. The van der Waals surface area contributed by atoms with Crippen LogP contribution in [0.2, 0.25) is 0 Å². The first-order chi connectivity index (χ1) is 7.20. The van der Waals surface area contributed by atoms with Crippen LogP contribution in [0.4, 0.5) is 4.39 Å². The highest BCUT2D eigenvalue weighted by Gasteiger charge is 2.12. The number of halogens is 2. The molecule has 0 spiro atoms. The van der Waals surface area contributed by atoms with Gasteiger partial charge in [0.25, 0.3) is 0 Å². The zero-order valence-corrected chi connectivity index (χ0v) is 8.75. The van der Waals surface area contributed by atoms with Gasteiger partial charge in [-0.15, -0.1) is 11.6 Å². The molecule has 2 rings (SSSR count). The van der Waals surface area contributed by atoms with E-state index < -0.39 is 0 Å². The summed E-state index contributed by atoms with van der Waals surface area (Å²) in [5.41, 5.74) is 1.26. The Labute approximate surface area is 90.9 Å². The molecule has 0 bridgehead atoms. The molecule has 5 heteroatoms. The van der Waals surface area contributed by atoms with Gasteiger partial charge in [-0.2, -0.15) is 4.98 Å². The zero-order valence-electron chi connectivity index (χ0n) is 8.00. The monoisotopic (exact) mass is 226 g/mol. The average Bonchev–Trinajstić information content (AvgIpc) is 2.70. The van der Waals surface area contributed by atoms with Gasteiger partial charge in [-0.3, -0.25) is 0 Å². The van der Waals surface area contributed by atoms with Crippen molar-refractivity contribution in [2.24, 2.45) is 0 Å². The summed E-state index contributed by atoms with van der Waals surface area (Å²) in [6.45, 7) is 1.87. The first kappa shape index (κ1) is 10.1. The highest BCUT2D eigenvalue weighted by atomic mass is 35.5. The predicted molar refractivity (Wildman–Crippen MR) is 54.0 cm³/mol. The van der Waals surface area contributed by atoms with Crippen LogP contribution in [0.5, 0.6) is 0 Å². The van der Waals surface area contributed by atoms with Crippen LogP contribution in [-0.2, 0) is 5.88 Å². The molecule has 0 aliphatic rings. The molecule has 0 atom stereocenters. The summed E-state index contributed by atoms with van der Waals surface area (Å²) in [6.07, 6.45) is 0. The summed E-state index contributed by atoms with van der Waals surface area (Å²) in [4.78, 5) is 3.95. The lowest BCUT2D eigenvalue weighted by molar-refractivity contribution is 0.390. The number of alkyl halides is 1. The number of hydrogen-bond acceptors (Lipinski definition) is 3. The molecule has 0 radical (unpaired) electrons. The van der Waals surface area contributed by atoms with Crippen LogP contribution >= 0.6 is 11.6 Å². The Bertz CT molecular complexity index is 484. The molecule has 0 amide bonds. The average molecular weight is 227 g/mol. The van der Waals surface area contributed by atoms with Crippen molar-refractivity contribution in [3.05, 3.63) is 35.5 Å². The number of hydrogen-bond donors (Lipinski definition) is 0. The van der Waals surface area contributed by atoms with Gasteiger partial charge in [-0.25, -0.2) is 4.39 Å². The van der Waals surface area contributed by atoms with Crippen molar-refractivity contribution in [3.8, 4) is 11.4 Å². The van der Waals surface area contributed by atoms with E-state index in [4.69, 9.17) is 16.1 Å². The summed E-state index contributed by atoms with van der Waals surface area (Å²) in [5.74, 6) is 0.266. The van der Waals surface area contributed by atoms with E-state index >= 15 is 0 Å². The fourth-order valence-electron chi connectivity index (χ4n) is 1.23. The molecule has 0 aliphatic carbocycles. The van der Waals surface area contributed by atoms with E-state index in [1.807, 2.05) is 6.92 Å². The van der Waals surface area contributed by atoms with Crippen molar-refractivity contribution in [3.63, 3.8) is 0 Å². The van der Waals surface area contributed by atoms with E-state index in [1.165, 1.54) is 6.07 Å². The molecule has 1 aromatic carbocycles. The van der Waals surface area contributed by atoms with E-state index in [1.54, 1.807) is 12.1 Å². The second kappa shape index (κ2) is 3.98. The van der Waals surface area contributed by atoms with E-state index in [9.17, 15) is 4.39 Å². The molecule has 1 heterocycles. The third kappa shape index (κ3) is 1.99. The maximum absolute atomic E-state index is 13.4. The lowest BCUT2D eigenvalue weighted by Gasteiger charge is -1.98. The maximum atomic E-state index is 13.4. The lowest BCUT2D eigenvalue weighted by atomic mass is 10.1. The van der Waals surface area contributed by atoms with Gasteiger partial charge in [0.15, 0.2) is 0 Å². The van der Waals surface area contributed by atoms with Crippen molar-refractivity contribution < 1.29 is 8.91 Å². The number of nitrogens with zero attached hydrogens (tertiary/aromatic N) is 2. The molecule has 0 aliphatic heterocycles. The molecule has 3 nitrogen and oxygen atoms in total. The maximum Gasteiger partial charge on any atom is 0.241 e. The van der Waals surface area contributed by atoms with Crippen molar-refractivity contribution in [2.75, 3.05) is 0 Å². The van der Waals surface area contributed by atoms with Crippen LogP contribution in [0.15, 0.2) is 22.7 Å². The molecule has 0 saturated carbocycles. The van der Waals surface area contributed by atoms with Crippen molar-refractivity contribution in [2.45, 2.75) is 12.8 Å². The smallest absolute Gasteiger partial charge is 0.241 e. The SMILES string of the molecule is Cc1ccc(F)c(-c2noc(CCl)n2)c1. The number of benzene rings is 1. The predicted octanol–water partition coefficient (Wildman–Crippen LogP) is 2.92. The normalized spacial score (nSPS) is 10.6. The van der Waals surface area contributed by atoms with Crippen LogP contribution in [-0.4, -0.2) is 10.1 Å². The standard InChI is InChI=1S/C10H8ClFN2O/c1-6-2-3-8(12)7(4-6)10-13-9(5-11)15-14-10/h2-4H,5H2,1H3. The van der Waals surface area contributed by atoms with Crippen LogP contribution in [0.3, 0.4) is 0 Å². The second-order valence-electron chi connectivity index (χ2n) is 3.13. The molecule has 2 aromatic rings. The second-order valence-corrected chi connectivity index (χ2v) is 3.40. The fraction of sp³-hybridized carbons (Fsp3) is 0.200. The van der Waals surface area contributed by atoms with Crippen molar-refractivity contribution in [1.82, 2.24) is 10.1 Å². The molecular weight excluding hydrogens is 219 g/mol. The Morgan fingerprint density at radius 2 is 2.27 bits per heavy atom. The third-order valence-electron chi connectivity index (χ3n) is 1.95. The topological polar surface area (TPSA) is 38.9 Å². The largest absolute Gasteiger partial charge is 0.338 e. The van der Waals surface area contributed by atoms with Gasteiger partial charge < -0.3 is 4.52 Å². The Kier molecular flexibility index (Phi) is 2.68. The van der Waals surface area contributed by atoms with Crippen LogP contribution in [0.1, 0.15) is 11.5 Å². The first-order valence-corrected chi connectivity index (χ1v) is 4.89. The fourth-order valence-corrected chi connectivity index (χ4v) is 1.34. The van der Waals surface area contributed by atoms with Gasteiger partial charge in [0.05, 0.1) is 5.56 Å². The summed E-state index contributed by atoms with van der Waals surface area (Å²) in [7, 11) is 0. The molecule has 0 N–H and O–H groups in total. The van der Waals surface area contributed by atoms with Gasteiger partial charge in [0.1, 0.15) is 11.7 Å². The minimum absolute atomic E-state index is 0.125. The molecule has 15 heavy (non-hydrogen) atoms. The quantitative estimate of drug-likeness (QED) is 0.739. The van der Waals surface area contributed by atoms with Crippen LogP contribution < -0.4 is 0 Å². The van der Waals surface area contributed by atoms with E-state index in [0.717, 1.165) is 5.56 Å². The minimum atomic E-state index is -0.373. The highest BCUT2D eigenvalue weighted by molar-refractivity contribution is 6.16. The number of aromatic nitrogens is 2. The zero-order chi connectivity index (χ0) is 10.8. The van der Waals surface area contributed by atoms with Gasteiger partial charge in [-0.1, -0.05) is 16.8 Å². The highest BCUT2D eigenvalue weighted by Crippen LogP contribution is 2.21. The van der Waals surface area contributed by atoms with Gasteiger partial charge in [0.2, 0.25) is 11.7 Å². The van der Waals surface area contributed by atoms with Crippen molar-refractivity contribution >= 4 is 11.6 Å². The summed E-state index contributed by atoms with van der Waals surface area (Å²) < 4.78 is 18.2. The Balaban J connectivity index is 2.48. The van der Waals surface area contributed by atoms with Gasteiger partial charge in [0, 0.05) is 0 Å². The summed E-state index contributed by atoms with van der Waals surface area (Å²) in [5, 5.41) is 3.65. The van der Waals surface area contributed by atoms with E-state index in [-0.39, 0.29) is 23.4 Å². The van der Waals surface area contributed by atoms with Crippen LogP contribution in [0.25, 0.3) is 11.4 Å². The molecule has 0 fully saturated rings. The third-order valence-corrected chi connectivity index (χ3v) is 2.17. The van der Waals surface area contributed by atoms with Gasteiger partial charge in [-0.05, 0) is 19.1 Å².